The van der Waals surface area contributed by atoms with E-state index in [1.807, 2.05) is 0 Å². The fraction of sp³-hybridized carbons (Fsp3) is 0.500. The lowest BCUT2D eigenvalue weighted by Crippen LogP contribution is -2.36. The van der Waals surface area contributed by atoms with E-state index in [0.717, 1.165) is 17.9 Å². The molecule has 0 bridgehead atoms. The molecule has 0 radical (unpaired) electrons. The van der Waals surface area contributed by atoms with Crippen LogP contribution in [-0.4, -0.2) is 77.6 Å². The first kappa shape index (κ1) is 28.0. The molecule has 0 aromatic heterocycles. The lowest BCUT2D eigenvalue weighted by atomic mass is 10.2. The number of nitrogens with zero attached hydrogens (tertiary/aromatic N) is 2. The van der Waals surface area contributed by atoms with Gasteiger partial charge in [0.2, 0.25) is 5.91 Å². The van der Waals surface area contributed by atoms with Crippen LogP contribution < -0.4 is 10.2 Å². The predicted molar refractivity (Wildman–Crippen MR) is 119 cm³/mol. The largest absolute Gasteiger partial charge is 0.490 e. The molecule has 2 rings (SSSR count). The summed E-state index contributed by atoms with van der Waals surface area (Å²) in [7, 11) is -5.00. The highest BCUT2D eigenvalue weighted by molar-refractivity contribution is 7.51. The number of hydrogen-bond donors (Lipinski definition) is 3. The van der Waals surface area contributed by atoms with Crippen LogP contribution in [0.1, 0.15) is 26.7 Å². The summed E-state index contributed by atoms with van der Waals surface area (Å²) in [6.07, 6.45) is -2.91. The average Bonchev–Trinajstić information content (AvgIpc) is 3.15. The van der Waals surface area contributed by atoms with Crippen LogP contribution in [0.4, 0.5) is 20.6 Å². The summed E-state index contributed by atoms with van der Waals surface area (Å²) in [5.41, 5.74) is 0.247. The minimum atomic E-state index is -5.00. The molecular formula is C20H27FN3O10P. The van der Waals surface area contributed by atoms with E-state index in [0.29, 0.717) is 4.67 Å². The molecule has 13 nitrogen and oxygen atoms in total. The van der Waals surface area contributed by atoms with Gasteiger partial charge in [-0.2, -0.15) is 0 Å². The van der Waals surface area contributed by atoms with Crippen molar-refractivity contribution < 1.29 is 52.1 Å². The first-order chi connectivity index (χ1) is 16.5. The standard InChI is InChI=1S/C20H27FN3O10P/c1-3-32-18(27)6-7-19(28)34-35(30,31)24(13(2)26)12-15-11-23(20(29)33-15)14-4-5-17(16(21)10-14)22-8-9-25/h4-5,10,15,22,25H,3,6-9,11-12H2,1-2H3,(H,30,31)/t15-/m1/s1. The number of aliphatic hydroxyl groups is 1. The third kappa shape index (κ3) is 7.91. The van der Waals surface area contributed by atoms with Gasteiger partial charge in [-0.05, 0) is 25.1 Å². The second-order valence-electron chi connectivity index (χ2n) is 7.29. The summed E-state index contributed by atoms with van der Waals surface area (Å²) in [5, 5.41) is 11.5. The number of ether oxygens (including phenoxy) is 2. The number of amides is 2. The van der Waals surface area contributed by atoms with Gasteiger partial charge >= 0.3 is 25.8 Å². The first-order valence-electron chi connectivity index (χ1n) is 10.6. The van der Waals surface area contributed by atoms with Crippen molar-refractivity contribution in [2.45, 2.75) is 32.8 Å². The van der Waals surface area contributed by atoms with E-state index >= 15 is 0 Å². The number of halogens is 1. The van der Waals surface area contributed by atoms with E-state index in [4.69, 9.17) is 9.84 Å². The normalized spacial score (nSPS) is 16.8. The molecule has 1 aliphatic rings. The van der Waals surface area contributed by atoms with Gasteiger partial charge in [-0.25, -0.2) is 18.4 Å². The van der Waals surface area contributed by atoms with Crippen molar-refractivity contribution in [2.24, 2.45) is 0 Å². The number of nitrogens with one attached hydrogen (secondary N) is 1. The molecule has 1 aromatic carbocycles. The van der Waals surface area contributed by atoms with Gasteiger partial charge < -0.3 is 24.4 Å². The van der Waals surface area contributed by atoms with Gasteiger partial charge in [-0.3, -0.25) is 24.2 Å². The summed E-state index contributed by atoms with van der Waals surface area (Å²) < 4.78 is 41.6. The highest BCUT2D eigenvalue weighted by Crippen LogP contribution is 2.47. The molecule has 0 aliphatic carbocycles. The predicted octanol–water partition coefficient (Wildman–Crippen LogP) is 1.39. The number of rotatable bonds is 12. The maximum Gasteiger partial charge on any atom is 0.490 e. The number of esters is 1. The van der Waals surface area contributed by atoms with Crippen LogP contribution in [0.25, 0.3) is 0 Å². The molecule has 35 heavy (non-hydrogen) atoms. The van der Waals surface area contributed by atoms with Gasteiger partial charge in [0.15, 0.2) is 0 Å². The third-order valence-electron chi connectivity index (χ3n) is 4.67. The molecule has 1 fully saturated rings. The summed E-state index contributed by atoms with van der Waals surface area (Å²) in [6.45, 7) is 1.76. The van der Waals surface area contributed by atoms with Crippen LogP contribution in [-0.2, 0) is 32.9 Å². The molecule has 1 heterocycles. The molecule has 1 unspecified atom stereocenters. The zero-order valence-corrected chi connectivity index (χ0v) is 20.0. The van der Waals surface area contributed by atoms with Gasteiger partial charge in [0, 0.05) is 13.5 Å². The Morgan fingerprint density at radius 3 is 2.60 bits per heavy atom. The van der Waals surface area contributed by atoms with Gasteiger partial charge in [-0.1, -0.05) is 0 Å². The quantitative estimate of drug-likeness (QED) is 0.269. The number of hydrogen-bond acceptors (Lipinski definition) is 10. The molecule has 3 N–H and O–H groups in total. The smallest absolute Gasteiger partial charge is 0.466 e. The number of anilines is 2. The molecular weight excluding hydrogens is 492 g/mol. The van der Waals surface area contributed by atoms with E-state index in [2.05, 4.69) is 14.6 Å². The van der Waals surface area contributed by atoms with Crippen LogP contribution in [0.2, 0.25) is 0 Å². The van der Waals surface area contributed by atoms with Crippen LogP contribution in [0.15, 0.2) is 18.2 Å². The summed E-state index contributed by atoms with van der Waals surface area (Å²) in [6, 6.07) is 3.85. The Kier molecular flexibility index (Phi) is 9.99. The number of carbonyl (C=O) groups excluding carboxylic acids is 4. The summed E-state index contributed by atoms with van der Waals surface area (Å²) >= 11 is 0. The Morgan fingerprint density at radius 2 is 2.00 bits per heavy atom. The maximum atomic E-state index is 14.3. The number of aliphatic hydroxyl groups excluding tert-OH is 1. The van der Waals surface area contributed by atoms with E-state index in [1.165, 1.54) is 12.1 Å². The van der Waals surface area contributed by atoms with Crippen LogP contribution >= 0.6 is 7.75 Å². The fourth-order valence-corrected chi connectivity index (χ4v) is 4.30. The monoisotopic (exact) mass is 519 g/mol. The fourth-order valence-electron chi connectivity index (χ4n) is 3.10. The zero-order valence-electron chi connectivity index (χ0n) is 19.1. The molecule has 0 spiro atoms. The van der Waals surface area contributed by atoms with Crippen molar-refractivity contribution >= 4 is 43.1 Å². The minimum absolute atomic E-state index is 0.0962. The highest BCUT2D eigenvalue weighted by Gasteiger charge is 2.41. The van der Waals surface area contributed by atoms with E-state index < -0.39 is 56.6 Å². The minimum Gasteiger partial charge on any atom is -0.466 e. The Bertz CT molecular complexity index is 1010. The zero-order chi connectivity index (χ0) is 26.2. The number of carbonyl (C=O) groups is 4. The van der Waals surface area contributed by atoms with Crippen molar-refractivity contribution in [3.05, 3.63) is 24.0 Å². The average molecular weight is 519 g/mol. The van der Waals surface area contributed by atoms with Crippen molar-refractivity contribution in [3.63, 3.8) is 0 Å². The Morgan fingerprint density at radius 1 is 1.31 bits per heavy atom. The number of benzene rings is 1. The topological polar surface area (TPSA) is 172 Å². The Labute approximate surface area is 200 Å². The maximum absolute atomic E-state index is 14.3. The lowest BCUT2D eigenvalue weighted by molar-refractivity contribution is -0.147. The highest BCUT2D eigenvalue weighted by atomic mass is 31.2. The summed E-state index contributed by atoms with van der Waals surface area (Å²) in [5.74, 6) is -3.53. The number of cyclic esters (lactones) is 1. The second-order valence-corrected chi connectivity index (χ2v) is 8.94. The third-order valence-corrected chi connectivity index (χ3v) is 6.17. The van der Waals surface area contributed by atoms with Crippen molar-refractivity contribution in [1.82, 2.24) is 4.67 Å². The van der Waals surface area contributed by atoms with Crippen molar-refractivity contribution in [2.75, 3.05) is 43.1 Å². The van der Waals surface area contributed by atoms with Gasteiger partial charge in [-0.15, -0.1) is 0 Å². The molecule has 2 amide bonds. The van der Waals surface area contributed by atoms with Crippen LogP contribution in [0.3, 0.4) is 0 Å². The molecule has 1 aromatic rings. The van der Waals surface area contributed by atoms with Crippen molar-refractivity contribution in [1.29, 1.82) is 0 Å². The first-order valence-corrected chi connectivity index (χ1v) is 12.1. The van der Waals surface area contributed by atoms with Gasteiger partial charge in [0.1, 0.15) is 11.9 Å². The molecule has 2 atom stereocenters. The van der Waals surface area contributed by atoms with E-state index in [9.17, 15) is 33.0 Å². The Hall–Kier alpha value is -3.22. The molecule has 15 heteroatoms. The van der Waals surface area contributed by atoms with E-state index in [-0.39, 0.29) is 44.1 Å². The van der Waals surface area contributed by atoms with Gasteiger partial charge in [0.05, 0.1) is 50.5 Å². The molecule has 1 aliphatic heterocycles. The molecule has 0 saturated carbocycles. The lowest BCUT2D eigenvalue weighted by Gasteiger charge is -2.26. The van der Waals surface area contributed by atoms with Crippen LogP contribution in [0, 0.1) is 5.82 Å². The molecule has 194 valence electrons. The Balaban J connectivity index is 2.04. The SMILES string of the molecule is CCOC(=O)CCC(=O)OP(=O)(O)N(C[C@H]1CN(c2ccc(NCCO)c(F)c2)C(=O)O1)C(C)=O. The summed E-state index contributed by atoms with van der Waals surface area (Å²) in [4.78, 5) is 58.8. The van der Waals surface area contributed by atoms with E-state index in [1.54, 1.807) is 6.92 Å². The van der Waals surface area contributed by atoms with Gasteiger partial charge in [0.25, 0.3) is 0 Å². The van der Waals surface area contributed by atoms with Crippen LogP contribution in [0.5, 0.6) is 0 Å². The second kappa shape index (κ2) is 12.5. The molecule has 1 saturated heterocycles. The van der Waals surface area contributed by atoms with Crippen molar-refractivity contribution in [3.8, 4) is 0 Å².